The Morgan fingerprint density at radius 1 is 0.903 bits per heavy atom. The van der Waals surface area contributed by atoms with Crippen molar-refractivity contribution in [1.82, 2.24) is 9.97 Å². The van der Waals surface area contributed by atoms with Crippen LogP contribution < -0.4 is 10.1 Å². The third-order valence-electron chi connectivity index (χ3n) is 4.24. The number of amides is 1. The number of para-hydroxylation sites is 2. The van der Waals surface area contributed by atoms with Crippen LogP contribution in [0.5, 0.6) is 11.6 Å². The number of carboxylic acids is 1. The SMILES string of the molecule is O=C(O)c1ccc(NC(=O)c2nc3ccccc3nc2Oc2ccc(F)cc2F)cc1. The van der Waals surface area contributed by atoms with Crippen molar-refractivity contribution in [3.8, 4) is 11.6 Å². The highest BCUT2D eigenvalue weighted by molar-refractivity contribution is 6.05. The van der Waals surface area contributed by atoms with Gasteiger partial charge in [0.05, 0.1) is 16.6 Å². The summed E-state index contributed by atoms with van der Waals surface area (Å²) >= 11 is 0. The first-order chi connectivity index (χ1) is 14.9. The molecule has 2 N–H and O–H groups in total. The van der Waals surface area contributed by atoms with E-state index in [1.54, 1.807) is 24.3 Å². The van der Waals surface area contributed by atoms with Gasteiger partial charge in [0.2, 0.25) is 0 Å². The Morgan fingerprint density at radius 3 is 2.23 bits per heavy atom. The molecule has 0 radical (unpaired) electrons. The number of carbonyl (C=O) groups is 2. The zero-order chi connectivity index (χ0) is 22.0. The van der Waals surface area contributed by atoms with Gasteiger partial charge in [-0.05, 0) is 48.5 Å². The molecule has 0 aliphatic heterocycles. The number of hydrogen-bond acceptors (Lipinski definition) is 5. The first kappa shape index (κ1) is 19.9. The highest BCUT2D eigenvalue weighted by Crippen LogP contribution is 2.28. The predicted molar refractivity (Wildman–Crippen MR) is 107 cm³/mol. The number of anilines is 1. The minimum atomic E-state index is -1.10. The molecule has 3 aromatic carbocycles. The fourth-order valence-electron chi connectivity index (χ4n) is 2.75. The molecule has 31 heavy (non-hydrogen) atoms. The second-order valence-corrected chi connectivity index (χ2v) is 6.38. The maximum Gasteiger partial charge on any atom is 0.335 e. The first-order valence-corrected chi connectivity index (χ1v) is 8.95. The van der Waals surface area contributed by atoms with Gasteiger partial charge in [0.1, 0.15) is 5.82 Å². The van der Waals surface area contributed by atoms with Crippen LogP contribution >= 0.6 is 0 Å². The number of rotatable bonds is 5. The average Bonchev–Trinajstić information content (AvgIpc) is 2.75. The number of nitrogens with one attached hydrogen (secondary N) is 1. The number of aromatic carboxylic acids is 1. The van der Waals surface area contributed by atoms with E-state index in [2.05, 4.69) is 15.3 Å². The van der Waals surface area contributed by atoms with Crippen molar-refractivity contribution in [1.29, 1.82) is 0 Å². The highest BCUT2D eigenvalue weighted by atomic mass is 19.1. The fraction of sp³-hybridized carbons (Fsp3) is 0. The van der Waals surface area contributed by atoms with Crippen LogP contribution in [0.25, 0.3) is 11.0 Å². The number of fused-ring (bicyclic) bond motifs is 1. The molecule has 4 aromatic rings. The molecule has 0 saturated carbocycles. The zero-order valence-corrected chi connectivity index (χ0v) is 15.7. The van der Waals surface area contributed by atoms with E-state index >= 15 is 0 Å². The normalized spacial score (nSPS) is 10.6. The topological polar surface area (TPSA) is 101 Å². The number of carboxylic acid groups (broad SMARTS) is 1. The molecule has 7 nitrogen and oxygen atoms in total. The van der Waals surface area contributed by atoms with Crippen LogP contribution in [-0.4, -0.2) is 27.0 Å². The quantitative estimate of drug-likeness (QED) is 0.486. The third-order valence-corrected chi connectivity index (χ3v) is 4.24. The summed E-state index contributed by atoms with van der Waals surface area (Å²) in [5, 5.41) is 11.5. The van der Waals surface area contributed by atoms with Crippen molar-refractivity contribution in [2.24, 2.45) is 0 Å². The molecule has 1 heterocycles. The molecule has 154 valence electrons. The van der Waals surface area contributed by atoms with Crippen LogP contribution in [0.2, 0.25) is 0 Å². The summed E-state index contributed by atoms with van der Waals surface area (Å²) in [4.78, 5) is 32.4. The van der Waals surface area contributed by atoms with Gasteiger partial charge in [0.15, 0.2) is 17.3 Å². The summed E-state index contributed by atoms with van der Waals surface area (Å²) in [6.07, 6.45) is 0. The number of nitrogens with zero attached hydrogens (tertiary/aromatic N) is 2. The van der Waals surface area contributed by atoms with Gasteiger partial charge in [-0.1, -0.05) is 12.1 Å². The van der Waals surface area contributed by atoms with Crippen molar-refractivity contribution in [3.05, 3.63) is 89.6 Å². The summed E-state index contributed by atoms with van der Waals surface area (Å²) in [5.74, 6) is -4.16. The van der Waals surface area contributed by atoms with E-state index in [1.165, 1.54) is 24.3 Å². The van der Waals surface area contributed by atoms with E-state index < -0.39 is 23.5 Å². The number of hydrogen-bond donors (Lipinski definition) is 2. The van der Waals surface area contributed by atoms with Crippen LogP contribution in [0.4, 0.5) is 14.5 Å². The van der Waals surface area contributed by atoms with E-state index in [9.17, 15) is 18.4 Å². The van der Waals surface area contributed by atoms with Crippen molar-refractivity contribution in [2.75, 3.05) is 5.32 Å². The van der Waals surface area contributed by atoms with E-state index in [4.69, 9.17) is 9.84 Å². The minimum Gasteiger partial charge on any atom is -0.478 e. The summed E-state index contributed by atoms with van der Waals surface area (Å²) < 4.78 is 32.7. The monoisotopic (exact) mass is 421 g/mol. The van der Waals surface area contributed by atoms with Gasteiger partial charge in [-0.3, -0.25) is 4.79 Å². The predicted octanol–water partition coefficient (Wildman–Crippen LogP) is 4.65. The minimum absolute atomic E-state index is 0.0549. The molecule has 0 bridgehead atoms. The Hall–Kier alpha value is -4.40. The average molecular weight is 421 g/mol. The first-order valence-electron chi connectivity index (χ1n) is 8.95. The lowest BCUT2D eigenvalue weighted by Crippen LogP contribution is -2.16. The zero-order valence-electron chi connectivity index (χ0n) is 15.7. The number of halogens is 2. The molecular weight excluding hydrogens is 408 g/mol. The molecule has 0 fully saturated rings. The van der Waals surface area contributed by atoms with Gasteiger partial charge in [-0.25, -0.2) is 23.5 Å². The smallest absolute Gasteiger partial charge is 0.335 e. The van der Waals surface area contributed by atoms with E-state index in [0.29, 0.717) is 22.8 Å². The molecule has 9 heteroatoms. The van der Waals surface area contributed by atoms with Crippen LogP contribution in [-0.2, 0) is 0 Å². The van der Waals surface area contributed by atoms with Crippen molar-refractivity contribution in [3.63, 3.8) is 0 Å². The van der Waals surface area contributed by atoms with Crippen molar-refractivity contribution < 1.29 is 28.2 Å². The largest absolute Gasteiger partial charge is 0.478 e. The van der Waals surface area contributed by atoms with Gasteiger partial charge in [-0.2, -0.15) is 0 Å². The lowest BCUT2D eigenvalue weighted by atomic mass is 10.2. The van der Waals surface area contributed by atoms with Gasteiger partial charge < -0.3 is 15.2 Å². The number of carbonyl (C=O) groups excluding carboxylic acids is 1. The maximum atomic E-state index is 14.1. The van der Waals surface area contributed by atoms with Gasteiger partial charge >= 0.3 is 5.97 Å². The second kappa shape index (κ2) is 8.15. The molecule has 4 rings (SSSR count). The Balaban J connectivity index is 1.71. The summed E-state index contributed by atoms with van der Waals surface area (Å²) in [7, 11) is 0. The molecule has 1 aromatic heterocycles. The molecule has 0 aliphatic carbocycles. The van der Waals surface area contributed by atoms with Crippen LogP contribution in [0.15, 0.2) is 66.7 Å². The highest BCUT2D eigenvalue weighted by Gasteiger charge is 2.20. The summed E-state index contributed by atoms with van der Waals surface area (Å²) in [6, 6.07) is 14.9. The molecule has 0 spiro atoms. The van der Waals surface area contributed by atoms with E-state index in [1.807, 2.05) is 0 Å². The number of ether oxygens (including phenoxy) is 1. The molecular formula is C22H13F2N3O4. The Kier molecular flexibility index (Phi) is 5.23. The van der Waals surface area contributed by atoms with Crippen LogP contribution in [0.3, 0.4) is 0 Å². The summed E-state index contributed by atoms with van der Waals surface area (Å²) in [6.45, 7) is 0. The Bertz CT molecular complexity index is 1310. The standard InChI is InChI=1S/C22H13F2N3O4/c23-13-7-10-18(15(24)11-13)31-21-19(26-16-3-1-2-4-17(16)27-21)20(28)25-14-8-5-12(6-9-14)22(29)30/h1-11H,(H,25,28)(H,29,30). The van der Waals surface area contributed by atoms with Gasteiger partial charge in [0.25, 0.3) is 11.8 Å². The van der Waals surface area contributed by atoms with Crippen LogP contribution in [0, 0.1) is 11.6 Å². The molecule has 1 amide bonds. The lowest BCUT2D eigenvalue weighted by Gasteiger charge is -2.12. The number of benzene rings is 3. The molecule has 0 saturated heterocycles. The Labute approximate surface area is 174 Å². The molecule has 0 unspecified atom stereocenters. The van der Waals surface area contributed by atoms with Gasteiger partial charge in [0, 0.05) is 11.8 Å². The maximum absolute atomic E-state index is 14.1. The molecule has 0 atom stereocenters. The van der Waals surface area contributed by atoms with Crippen LogP contribution in [0.1, 0.15) is 20.8 Å². The number of aromatic nitrogens is 2. The third kappa shape index (κ3) is 4.30. The van der Waals surface area contributed by atoms with Gasteiger partial charge in [-0.15, -0.1) is 0 Å². The lowest BCUT2D eigenvalue weighted by molar-refractivity contribution is 0.0696. The summed E-state index contributed by atoms with van der Waals surface area (Å²) in [5.41, 5.74) is 0.941. The van der Waals surface area contributed by atoms with E-state index in [-0.39, 0.29) is 22.9 Å². The van der Waals surface area contributed by atoms with Crippen molar-refractivity contribution in [2.45, 2.75) is 0 Å². The Morgan fingerprint density at radius 2 is 1.58 bits per heavy atom. The van der Waals surface area contributed by atoms with E-state index in [0.717, 1.165) is 12.1 Å². The molecule has 0 aliphatic rings. The second-order valence-electron chi connectivity index (χ2n) is 6.38. The fourth-order valence-corrected chi connectivity index (χ4v) is 2.75. The van der Waals surface area contributed by atoms with Crippen molar-refractivity contribution >= 4 is 28.6 Å².